The van der Waals surface area contributed by atoms with E-state index in [-0.39, 0.29) is 12.5 Å². The Hall–Kier alpha value is -1.89. The maximum atomic E-state index is 11.4. The second kappa shape index (κ2) is 4.38. The summed E-state index contributed by atoms with van der Waals surface area (Å²) < 4.78 is 0. The van der Waals surface area contributed by atoms with E-state index in [4.69, 9.17) is 5.26 Å². The first kappa shape index (κ1) is 10.2. The van der Waals surface area contributed by atoms with Crippen LogP contribution in [0.4, 0.5) is 0 Å². The topological polar surface area (TPSA) is 65.8 Å². The number of aromatic nitrogens is 1. The van der Waals surface area contributed by atoms with Crippen LogP contribution in [0.5, 0.6) is 0 Å². The molecule has 0 spiro atoms. The Morgan fingerprint density at radius 2 is 2.29 bits per heavy atom. The van der Waals surface area contributed by atoms with Crippen LogP contribution in [0.3, 0.4) is 0 Å². The van der Waals surface area contributed by atoms with Gasteiger partial charge in [-0.3, -0.25) is 4.79 Å². The lowest BCUT2D eigenvalue weighted by Gasteiger charge is -2.02. The molecule has 0 unspecified atom stereocenters. The highest BCUT2D eigenvalue weighted by Crippen LogP contribution is 2.03. The fourth-order valence-electron chi connectivity index (χ4n) is 1.17. The van der Waals surface area contributed by atoms with Crippen molar-refractivity contribution in [1.82, 2.24) is 10.3 Å². The van der Waals surface area contributed by atoms with E-state index < -0.39 is 0 Å². The Balaban J connectivity index is 2.85. The number of nitrogens with zero attached hydrogens (tertiary/aromatic N) is 2. The van der Waals surface area contributed by atoms with E-state index >= 15 is 0 Å². The van der Waals surface area contributed by atoms with Crippen molar-refractivity contribution in [1.29, 1.82) is 5.26 Å². The van der Waals surface area contributed by atoms with Gasteiger partial charge < -0.3 is 5.32 Å². The molecule has 0 aliphatic carbocycles. The van der Waals surface area contributed by atoms with E-state index in [0.717, 1.165) is 11.3 Å². The van der Waals surface area contributed by atoms with Crippen LogP contribution in [0.1, 0.15) is 21.7 Å². The van der Waals surface area contributed by atoms with Gasteiger partial charge in [0.05, 0.1) is 6.07 Å². The first-order valence-electron chi connectivity index (χ1n) is 4.24. The lowest BCUT2D eigenvalue weighted by Crippen LogP contribution is -2.24. The smallest absolute Gasteiger partial charge is 0.270 e. The molecule has 0 bridgehead atoms. The van der Waals surface area contributed by atoms with Gasteiger partial charge in [0, 0.05) is 5.69 Å². The van der Waals surface area contributed by atoms with Gasteiger partial charge in [0.15, 0.2) is 0 Å². The number of nitrogens with one attached hydrogen (secondary N) is 1. The molecule has 14 heavy (non-hydrogen) atoms. The number of pyridine rings is 1. The van der Waals surface area contributed by atoms with Gasteiger partial charge in [0.1, 0.15) is 12.2 Å². The molecule has 0 atom stereocenters. The number of rotatable bonds is 2. The van der Waals surface area contributed by atoms with Crippen LogP contribution in [-0.4, -0.2) is 17.4 Å². The van der Waals surface area contributed by atoms with Gasteiger partial charge in [-0.25, -0.2) is 4.98 Å². The Kier molecular flexibility index (Phi) is 3.19. The Morgan fingerprint density at radius 3 is 2.86 bits per heavy atom. The van der Waals surface area contributed by atoms with E-state index in [9.17, 15) is 4.79 Å². The van der Waals surface area contributed by atoms with Crippen LogP contribution in [0, 0.1) is 25.2 Å². The lowest BCUT2D eigenvalue weighted by atomic mass is 10.2. The van der Waals surface area contributed by atoms with Gasteiger partial charge in [-0.15, -0.1) is 0 Å². The SMILES string of the molecule is Cc1cc(C)nc(C(=O)NCC#N)c1. The number of carbonyl (C=O) groups excluding carboxylic acids is 1. The predicted molar refractivity (Wildman–Crippen MR) is 51.7 cm³/mol. The Bertz CT molecular complexity index is 373. The molecule has 4 nitrogen and oxygen atoms in total. The maximum Gasteiger partial charge on any atom is 0.270 e. The molecule has 0 saturated heterocycles. The van der Waals surface area contributed by atoms with Crippen molar-refractivity contribution in [3.8, 4) is 6.07 Å². The summed E-state index contributed by atoms with van der Waals surface area (Å²) in [7, 11) is 0. The Morgan fingerprint density at radius 1 is 1.57 bits per heavy atom. The number of hydrogen-bond donors (Lipinski definition) is 1. The molecule has 1 amide bonds. The predicted octanol–water partition coefficient (Wildman–Crippen LogP) is 0.952. The summed E-state index contributed by atoms with van der Waals surface area (Å²) in [6, 6.07) is 5.42. The zero-order valence-corrected chi connectivity index (χ0v) is 8.16. The minimum atomic E-state index is -0.307. The zero-order valence-electron chi connectivity index (χ0n) is 8.16. The first-order valence-corrected chi connectivity index (χ1v) is 4.24. The molecule has 1 heterocycles. The molecule has 0 aromatic carbocycles. The molecule has 0 radical (unpaired) electrons. The summed E-state index contributed by atoms with van der Waals surface area (Å²) in [6.07, 6.45) is 0. The standard InChI is InChI=1S/C10H11N3O/c1-7-5-8(2)13-9(6-7)10(14)12-4-3-11/h5-6H,4H2,1-2H3,(H,12,14). The highest BCUT2D eigenvalue weighted by molar-refractivity contribution is 5.92. The number of nitriles is 1. The van der Waals surface area contributed by atoms with E-state index in [0.29, 0.717) is 5.69 Å². The molecule has 0 aliphatic heterocycles. The van der Waals surface area contributed by atoms with Crippen LogP contribution < -0.4 is 5.32 Å². The van der Waals surface area contributed by atoms with Gasteiger partial charge in [-0.05, 0) is 31.5 Å². The number of carbonyl (C=O) groups is 1. The zero-order chi connectivity index (χ0) is 10.6. The largest absolute Gasteiger partial charge is 0.338 e. The van der Waals surface area contributed by atoms with Crippen molar-refractivity contribution in [2.24, 2.45) is 0 Å². The summed E-state index contributed by atoms with van der Waals surface area (Å²) in [5.41, 5.74) is 2.14. The average molecular weight is 189 g/mol. The molecule has 72 valence electrons. The van der Waals surface area contributed by atoms with Gasteiger partial charge >= 0.3 is 0 Å². The normalized spacial score (nSPS) is 9.21. The fourth-order valence-corrected chi connectivity index (χ4v) is 1.17. The maximum absolute atomic E-state index is 11.4. The van der Waals surface area contributed by atoms with Crippen molar-refractivity contribution in [2.45, 2.75) is 13.8 Å². The molecular weight excluding hydrogens is 178 g/mol. The molecule has 0 aliphatic rings. The lowest BCUT2D eigenvalue weighted by molar-refractivity contribution is 0.0953. The molecule has 4 heteroatoms. The van der Waals surface area contributed by atoms with E-state index in [1.807, 2.05) is 26.0 Å². The molecule has 0 saturated carbocycles. The van der Waals surface area contributed by atoms with Gasteiger partial charge in [0.25, 0.3) is 5.91 Å². The van der Waals surface area contributed by atoms with E-state index in [2.05, 4.69) is 10.3 Å². The second-order valence-electron chi connectivity index (χ2n) is 3.01. The molecule has 0 fully saturated rings. The number of hydrogen-bond acceptors (Lipinski definition) is 3. The van der Waals surface area contributed by atoms with Gasteiger partial charge in [-0.2, -0.15) is 5.26 Å². The Labute approximate surface area is 82.6 Å². The minimum absolute atomic E-state index is 0.00744. The highest BCUT2D eigenvalue weighted by atomic mass is 16.1. The van der Waals surface area contributed by atoms with Crippen LogP contribution >= 0.6 is 0 Å². The highest BCUT2D eigenvalue weighted by Gasteiger charge is 2.06. The molecule has 1 N–H and O–H groups in total. The summed E-state index contributed by atoms with van der Waals surface area (Å²) in [6.45, 7) is 3.73. The van der Waals surface area contributed by atoms with E-state index in [1.165, 1.54) is 0 Å². The van der Waals surface area contributed by atoms with Crippen LogP contribution in [0.15, 0.2) is 12.1 Å². The number of aryl methyl sites for hydroxylation is 2. The third kappa shape index (κ3) is 2.56. The summed E-state index contributed by atoms with van der Waals surface area (Å²) in [5.74, 6) is -0.307. The summed E-state index contributed by atoms with van der Waals surface area (Å²) >= 11 is 0. The second-order valence-corrected chi connectivity index (χ2v) is 3.01. The van der Waals surface area contributed by atoms with Crippen LogP contribution in [-0.2, 0) is 0 Å². The third-order valence-corrected chi connectivity index (χ3v) is 1.66. The van der Waals surface area contributed by atoms with E-state index in [1.54, 1.807) is 6.07 Å². The van der Waals surface area contributed by atoms with Gasteiger partial charge in [0.2, 0.25) is 0 Å². The number of amides is 1. The monoisotopic (exact) mass is 189 g/mol. The fraction of sp³-hybridized carbons (Fsp3) is 0.300. The van der Waals surface area contributed by atoms with Crippen LogP contribution in [0.2, 0.25) is 0 Å². The van der Waals surface area contributed by atoms with Crippen molar-refractivity contribution in [3.05, 3.63) is 29.1 Å². The minimum Gasteiger partial charge on any atom is -0.338 e. The summed E-state index contributed by atoms with van der Waals surface area (Å²) in [5, 5.41) is 10.7. The molecule has 1 aromatic heterocycles. The molecule has 1 rings (SSSR count). The third-order valence-electron chi connectivity index (χ3n) is 1.66. The first-order chi connectivity index (χ1) is 6.63. The van der Waals surface area contributed by atoms with Crippen molar-refractivity contribution >= 4 is 5.91 Å². The molecular formula is C10H11N3O. The quantitative estimate of drug-likeness (QED) is 0.704. The van der Waals surface area contributed by atoms with Crippen molar-refractivity contribution in [2.75, 3.05) is 6.54 Å². The van der Waals surface area contributed by atoms with Crippen molar-refractivity contribution in [3.63, 3.8) is 0 Å². The summed E-state index contributed by atoms with van der Waals surface area (Å²) in [4.78, 5) is 15.4. The van der Waals surface area contributed by atoms with Crippen molar-refractivity contribution < 1.29 is 4.79 Å². The molecule has 1 aromatic rings. The van der Waals surface area contributed by atoms with Crippen LogP contribution in [0.25, 0.3) is 0 Å². The van der Waals surface area contributed by atoms with Gasteiger partial charge in [-0.1, -0.05) is 0 Å². The average Bonchev–Trinajstić information content (AvgIpc) is 2.12.